The van der Waals surface area contributed by atoms with Crippen molar-refractivity contribution in [1.29, 1.82) is 0 Å². The van der Waals surface area contributed by atoms with Crippen LogP contribution in [0, 0.1) is 0 Å². The van der Waals surface area contributed by atoms with Gasteiger partial charge < -0.3 is 25.0 Å². The number of ether oxygens (including phenoxy) is 2. The van der Waals surface area contributed by atoms with Gasteiger partial charge in [-0.05, 0) is 0 Å². The molecule has 3 N–H and O–H groups in total. The first-order valence-electron chi connectivity index (χ1n) is 6.81. The summed E-state index contributed by atoms with van der Waals surface area (Å²) in [5.41, 5.74) is 0.363. The van der Waals surface area contributed by atoms with E-state index >= 15 is 0 Å². The van der Waals surface area contributed by atoms with Crippen LogP contribution < -0.4 is 5.32 Å². The molecule has 0 aliphatic carbocycles. The van der Waals surface area contributed by atoms with Crippen molar-refractivity contribution in [1.82, 2.24) is 20.3 Å². The molecule has 0 aromatic carbocycles. The Hall–Kier alpha value is -1.81. The Morgan fingerprint density at radius 1 is 1.59 bits per heavy atom. The number of aliphatic hydroxyl groups is 2. The molecule has 2 rings (SSSR count). The van der Waals surface area contributed by atoms with Gasteiger partial charge in [-0.3, -0.25) is 9.48 Å². The van der Waals surface area contributed by atoms with Crippen molar-refractivity contribution in [3.63, 3.8) is 0 Å². The third kappa shape index (κ3) is 3.50. The maximum absolute atomic E-state index is 11.3. The van der Waals surface area contributed by atoms with E-state index in [1.807, 2.05) is 0 Å². The number of aliphatic hydroxyl groups excluding tert-OH is 2. The molecule has 0 bridgehead atoms. The summed E-state index contributed by atoms with van der Waals surface area (Å²) in [6, 6.07) is -0.902. The normalized spacial score (nSPS) is 31.7. The van der Waals surface area contributed by atoms with Crippen molar-refractivity contribution >= 4 is 5.91 Å². The number of carbonyl (C=O) groups is 1. The van der Waals surface area contributed by atoms with E-state index in [4.69, 9.17) is 9.47 Å². The molecule has 1 amide bonds. The Bertz CT molecular complexity index is 534. The minimum atomic E-state index is -1.28. The van der Waals surface area contributed by atoms with E-state index in [2.05, 4.69) is 22.2 Å². The monoisotopic (exact) mass is 312 g/mol. The van der Waals surface area contributed by atoms with Crippen molar-refractivity contribution < 1.29 is 24.5 Å². The molecule has 122 valence electrons. The number of nitrogens with zero attached hydrogens (tertiary/aromatic N) is 3. The number of aromatic nitrogens is 3. The van der Waals surface area contributed by atoms with E-state index in [0.29, 0.717) is 5.69 Å². The Labute approximate surface area is 127 Å². The lowest BCUT2D eigenvalue weighted by Crippen LogP contribution is -2.61. The van der Waals surface area contributed by atoms with Gasteiger partial charge in [0.05, 0.1) is 12.8 Å². The molecule has 2 heterocycles. The number of aryl methyl sites for hydroxylation is 1. The van der Waals surface area contributed by atoms with Crippen LogP contribution in [0.4, 0.5) is 0 Å². The largest absolute Gasteiger partial charge is 0.388 e. The van der Waals surface area contributed by atoms with Crippen LogP contribution in [0.15, 0.2) is 18.9 Å². The molecular weight excluding hydrogens is 292 g/mol. The third-order valence-electron chi connectivity index (χ3n) is 3.26. The van der Waals surface area contributed by atoms with Crippen LogP contribution in [-0.2, 0) is 21.3 Å². The summed E-state index contributed by atoms with van der Waals surface area (Å²) in [5, 5.41) is 30.7. The highest BCUT2D eigenvalue weighted by atomic mass is 16.7. The zero-order chi connectivity index (χ0) is 16.3. The van der Waals surface area contributed by atoms with E-state index < -0.39 is 30.6 Å². The van der Waals surface area contributed by atoms with Crippen molar-refractivity contribution in [3.05, 3.63) is 24.5 Å². The van der Waals surface area contributed by atoms with Gasteiger partial charge in [0.2, 0.25) is 5.91 Å². The predicted molar refractivity (Wildman–Crippen MR) is 74.4 cm³/mol. The SMILES string of the molecule is C=CCO[C@H]1O[C@H](c2cn(C)nn2)[C@H](O)[C@H](O)[C@H]1NC(C)=O. The number of amides is 1. The van der Waals surface area contributed by atoms with Gasteiger partial charge in [0, 0.05) is 14.0 Å². The minimum absolute atomic E-state index is 0.163. The van der Waals surface area contributed by atoms with E-state index in [0.717, 1.165) is 0 Å². The molecule has 1 fully saturated rings. The second-order valence-corrected chi connectivity index (χ2v) is 5.07. The lowest BCUT2D eigenvalue weighted by Gasteiger charge is -2.41. The minimum Gasteiger partial charge on any atom is -0.388 e. The summed E-state index contributed by atoms with van der Waals surface area (Å²) in [4.78, 5) is 11.3. The van der Waals surface area contributed by atoms with Gasteiger partial charge in [-0.1, -0.05) is 11.3 Å². The quantitative estimate of drug-likeness (QED) is 0.575. The Kier molecular flexibility index (Phi) is 5.24. The van der Waals surface area contributed by atoms with Crippen LogP contribution in [0.2, 0.25) is 0 Å². The molecule has 1 aromatic heterocycles. The van der Waals surface area contributed by atoms with Crippen LogP contribution in [0.3, 0.4) is 0 Å². The fraction of sp³-hybridized carbons (Fsp3) is 0.615. The second kappa shape index (κ2) is 6.97. The van der Waals surface area contributed by atoms with Gasteiger partial charge in [-0.25, -0.2) is 0 Å². The van der Waals surface area contributed by atoms with Crippen LogP contribution >= 0.6 is 0 Å². The Morgan fingerprint density at radius 2 is 2.32 bits per heavy atom. The molecule has 0 unspecified atom stereocenters. The van der Waals surface area contributed by atoms with Gasteiger partial charge in [0.25, 0.3) is 0 Å². The molecule has 1 saturated heterocycles. The second-order valence-electron chi connectivity index (χ2n) is 5.07. The molecular formula is C13H20N4O5. The number of hydrogen-bond donors (Lipinski definition) is 3. The Morgan fingerprint density at radius 3 is 2.86 bits per heavy atom. The van der Waals surface area contributed by atoms with E-state index in [9.17, 15) is 15.0 Å². The summed E-state index contributed by atoms with van der Waals surface area (Å²) in [6.07, 6.45) is -1.33. The lowest BCUT2D eigenvalue weighted by molar-refractivity contribution is -0.265. The molecule has 0 saturated carbocycles. The van der Waals surface area contributed by atoms with Crippen molar-refractivity contribution in [2.75, 3.05) is 6.61 Å². The number of nitrogens with one attached hydrogen (secondary N) is 1. The third-order valence-corrected chi connectivity index (χ3v) is 3.26. The van der Waals surface area contributed by atoms with Crippen molar-refractivity contribution in [3.8, 4) is 0 Å². The first-order chi connectivity index (χ1) is 10.4. The number of carbonyl (C=O) groups excluding carboxylic acids is 1. The first-order valence-corrected chi connectivity index (χ1v) is 6.81. The molecule has 1 aromatic rings. The summed E-state index contributed by atoms with van der Waals surface area (Å²) in [5.74, 6) is -0.370. The summed E-state index contributed by atoms with van der Waals surface area (Å²) in [7, 11) is 1.67. The Balaban J connectivity index is 2.22. The van der Waals surface area contributed by atoms with E-state index in [1.165, 1.54) is 17.7 Å². The molecule has 1 aliphatic rings. The van der Waals surface area contributed by atoms with Crippen LogP contribution in [0.1, 0.15) is 18.7 Å². The molecule has 0 spiro atoms. The first kappa shape index (κ1) is 16.6. The molecule has 9 heteroatoms. The zero-order valence-electron chi connectivity index (χ0n) is 12.4. The molecule has 5 atom stereocenters. The van der Waals surface area contributed by atoms with Gasteiger partial charge in [0.1, 0.15) is 30.0 Å². The predicted octanol–water partition coefficient (Wildman–Crippen LogP) is -1.36. The number of hydrogen-bond acceptors (Lipinski definition) is 7. The molecule has 9 nitrogen and oxygen atoms in total. The van der Waals surface area contributed by atoms with Gasteiger partial charge in [0.15, 0.2) is 6.29 Å². The van der Waals surface area contributed by atoms with E-state index in [-0.39, 0.29) is 12.5 Å². The van der Waals surface area contributed by atoms with Crippen LogP contribution in [0.5, 0.6) is 0 Å². The molecule has 1 aliphatic heterocycles. The highest BCUT2D eigenvalue weighted by Crippen LogP contribution is 2.31. The smallest absolute Gasteiger partial charge is 0.217 e. The summed E-state index contributed by atoms with van der Waals surface area (Å²) < 4.78 is 12.6. The van der Waals surface area contributed by atoms with Crippen molar-refractivity contribution in [2.45, 2.75) is 37.6 Å². The van der Waals surface area contributed by atoms with Crippen molar-refractivity contribution in [2.24, 2.45) is 7.05 Å². The fourth-order valence-electron chi connectivity index (χ4n) is 2.30. The van der Waals surface area contributed by atoms with E-state index in [1.54, 1.807) is 13.2 Å². The topological polar surface area (TPSA) is 119 Å². The van der Waals surface area contributed by atoms with Crippen LogP contribution in [-0.4, -0.2) is 62.3 Å². The highest BCUT2D eigenvalue weighted by molar-refractivity contribution is 5.73. The van der Waals surface area contributed by atoms with Gasteiger partial charge >= 0.3 is 0 Å². The van der Waals surface area contributed by atoms with Gasteiger partial charge in [-0.2, -0.15) is 0 Å². The maximum Gasteiger partial charge on any atom is 0.217 e. The average Bonchev–Trinajstić information content (AvgIpc) is 2.89. The lowest BCUT2D eigenvalue weighted by atomic mass is 9.95. The molecule has 22 heavy (non-hydrogen) atoms. The fourth-order valence-corrected chi connectivity index (χ4v) is 2.30. The van der Waals surface area contributed by atoms with Crippen LogP contribution in [0.25, 0.3) is 0 Å². The summed E-state index contributed by atoms with van der Waals surface area (Å²) in [6.45, 7) is 5.01. The maximum atomic E-state index is 11.3. The standard InChI is InChI=1S/C13H20N4O5/c1-4-5-21-13-9(14-7(2)18)10(19)11(20)12(22-13)8-6-17(3)16-15-8/h4,6,9-13,19-20H,1,5H2,2-3H3,(H,14,18)/t9-,10-,11-,12-,13+/m1/s1. The zero-order valence-corrected chi connectivity index (χ0v) is 12.4. The summed E-state index contributed by atoms with van der Waals surface area (Å²) >= 11 is 0. The number of rotatable bonds is 5. The molecule has 0 radical (unpaired) electrons. The van der Waals surface area contributed by atoms with Gasteiger partial charge in [-0.15, -0.1) is 11.7 Å². The average molecular weight is 312 g/mol. The highest BCUT2D eigenvalue weighted by Gasteiger charge is 2.46.